The lowest BCUT2D eigenvalue weighted by Crippen LogP contribution is -2.15. The molecule has 66 heavy (non-hydrogen) atoms. The normalized spacial score (nSPS) is 10.8. The standard InChI is InChI=1S/2C12H14N4O2S.2C11H8O3/c2*1-8-7-9(2)15-12(14-8)16-19(17,18)11-5-3-10(13)4-6-11;2*12-10-8-4-2-1-3-7(8)5-6-9(10)11(13)14/h2*3-7H,13H2,1-2H3,(H,14,15,16);2*1-6,12H,(H,13,14). The van der Waals surface area contributed by atoms with Gasteiger partial charge in [-0.1, -0.05) is 60.7 Å². The second-order valence-electron chi connectivity index (χ2n) is 14.3. The van der Waals surface area contributed by atoms with Crippen molar-refractivity contribution in [2.45, 2.75) is 37.5 Å². The second kappa shape index (κ2) is 20.9. The Morgan fingerprint density at radius 3 is 1.08 bits per heavy atom. The number of carboxylic acids is 2. The lowest BCUT2D eigenvalue weighted by Gasteiger charge is -2.08. The summed E-state index contributed by atoms with van der Waals surface area (Å²) in [6.07, 6.45) is 0. The molecule has 0 aliphatic carbocycles. The molecule has 10 N–H and O–H groups in total. The van der Waals surface area contributed by atoms with Gasteiger partial charge in [-0.3, -0.25) is 0 Å². The number of hydrogen-bond donors (Lipinski definition) is 8. The number of anilines is 4. The van der Waals surface area contributed by atoms with Gasteiger partial charge in [0.25, 0.3) is 20.0 Å². The summed E-state index contributed by atoms with van der Waals surface area (Å²) < 4.78 is 53.1. The Morgan fingerprint density at radius 1 is 0.470 bits per heavy atom. The van der Waals surface area contributed by atoms with E-state index in [9.17, 15) is 36.6 Å². The molecule has 6 aromatic carbocycles. The van der Waals surface area contributed by atoms with Crippen molar-refractivity contribution in [1.82, 2.24) is 19.9 Å². The third-order valence-electron chi connectivity index (χ3n) is 9.06. The first kappa shape index (κ1) is 48.7. The van der Waals surface area contributed by atoms with Crippen LogP contribution in [0.2, 0.25) is 0 Å². The van der Waals surface area contributed by atoms with Crippen molar-refractivity contribution >= 4 is 76.8 Å². The molecule has 0 saturated heterocycles. The average Bonchev–Trinajstić information content (AvgIpc) is 3.24. The number of hydrogen-bond acceptors (Lipinski definition) is 14. The summed E-state index contributed by atoms with van der Waals surface area (Å²) in [6.45, 7) is 7.09. The number of aryl methyl sites for hydroxylation is 4. The lowest BCUT2D eigenvalue weighted by atomic mass is 10.1. The van der Waals surface area contributed by atoms with E-state index in [1.165, 1.54) is 60.7 Å². The van der Waals surface area contributed by atoms with Crippen molar-refractivity contribution in [3.05, 3.63) is 167 Å². The second-order valence-corrected chi connectivity index (χ2v) is 17.6. The van der Waals surface area contributed by atoms with E-state index < -0.39 is 32.0 Å². The Bertz CT molecular complexity index is 3020. The first-order valence-corrected chi connectivity index (χ1v) is 22.4. The van der Waals surface area contributed by atoms with Crippen LogP contribution in [0.3, 0.4) is 0 Å². The van der Waals surface area contributed by atoms with E-state index in [2.05, 4.69) is 29.4 Å². The largest absolute Gasteiger partial charge is 0.506 e. The Morgan fingerprint density at radius 2 is 0.773 bits per heavy atom. The topological polar surface area (TPSA) is 311 Å². The summed E-state index contributed by atoms with van der Waals surface area (Å²) in [4.78, 5) is 37.8. The van der Waals surface area contributed by atoms with Crippen molar-refractivity contribution in [2.24, 2.45) is 0 Å². The minimum absolute atomic E-state index is 0.0642. The first-order valence-electron chi connectivity index (χ1n) is 19.4. The minimum atomic E-state index is -3.69. The van der Waals surface area contributed by atoms with E-state index in [1.807, 2.05) is 24.3 Å². The summed E-state index contributed by atoms with van der Waals surface area (Å²) in [5.74, 6) is -2.45. The number of aromatic carboxylic acids is 2. The highest BCUT2D eigenvalue weighted by Crippen LogP contribution is 2.29. The van der Waals surface area contributed by atoms with Crippen molar-refractivity contribution in [3.63, 3.8) is 0 Å². The number of carboxylic acid groups (broad SMARTS) is 2. The highest BCUT2D eigenvalue weighted by Gasteiger charge is 2.18. The Kier molecular flexibility index (Phi) is 15.4. The molecule has 0 amide bonds. The predicted molar refractivity (Wildman–Crippen MR) is 251 cm³/mol. The molecule has 0 aliphatic rings. The van der Waals surface area contributed by atoms with Crippen LogP contribution in [0.5, 0.6) is 11.5 Å². The molecule has 0 atom stereocenters. The van der Waals surface area contributed by atoms with Crippen LogP contribution in [0.1, 0.15) is 43.5 Å². The van der Waals surface area contributed by atoms with Crippen molar-refractivity contribution in [1.29, 1.82) is 0 Å². The number of phenols is 2. The van der Waals surface area contributed by atoms with Gasteiger partial charge in [0, 0.05) is 44.9 Å². The summed E-state index contributed by atoms with van der Waals surface area (Å²) in [6, 6.07) is 35.7. The first-order chi connectivity index (χ1) is 31.1. The molecule has 0 saturated carbocycles. The zero-order valence-corrected chi connectivity index (χ0v) is 37.3. The van der Waals surface area contributed by atoms with Crippen molar-refractivity contribution < 1.29 is 46.9 Å². The molecule has 8 rings (SSSR count). The minimum Gasteiger partial charge on any atom is -0.506 e. The Balaban J connectivity index is 0.000000167. The predicted octanol–water partition coefficient (Wildman–Crippen LogP) is 7.44. The molecule has 8 aromatic rings. The molecule has 0 aliphatic heterocycles. The maximum Gasteiger partial charge on any atom is 0.339 e. The van der Waals surface area contributed by atoms with Crippen LogP contribution in [0.15, 0.2) is 143 Å². The van der Waals surface area contributed by atoms with Gasteiger partial charge < -0.3 is 31.9 Å². The van der Waals surface area contributed by atoms with Gasteiger partial charge in [-0.05, 0) is 111 Å². The number of nitrogens with two attached hydrogens (primary N) is 2. The monoisotopic (exact) mass is 932 g/mol. The molecular weight excluding hydrogens is 889 g/mol. The van der Waals surface area contributed by atoms with Gasteiger partial charge >= 0.3 is 11.9 Å². The van der Waals surface area contributed by atoms with Gasteiger partial charge in [-0.25, -0.2) is 55.8 Å². The molecule has 2 aromatic heterocycles. The van der Waals surface area contributed by atoms with Gasteiger partial charge in [-0.15, -0.1) is 0 Å². The molecule has 20 heteroatoms. The van der Waals surface area contributed by atoms with Gasteiger partial charge in [0.05, 0.1) is 9.79 Å². The zero-order valence-electron chi connectivity index (χ0n) is 35.7. The van der Waals surface area contributed by atoms with E-state index in [-0.39, 0.29) is 44.3 Å². The average molecular weight is 933 g/mol. The smallest absolute Gasteiger partial charge is 0.339 e. The summed E-state index contributed by atoms with van der Waals surface area (Å²) in [5, 5.41) is 39.6. The third kappa shape index (κ3) is 12.9. The zero-order chi connectivity index (χ0) is 48.3. The fourth-order valence-corrected chi connectivity index (χ4v) is 7.94. The Hall–Kier alpha value is -8.36. The highest BCUT2D eigenvalue weighted by molar-refractivity contribution is 7.93. The number of benzene rings is 6. The van der Waals surface area contributed by atoms with Gasteiger partial charge in [0.15, 0.2) is 0 Å². The van der Waals surface area contributed by atoms with Crippen LogP contribution >= 0.6 is 0 Å². The summed E-state index contributed by atoms with van der Waals surface area (Å²) in [5.41, 5.74) is 14.7. The van der Waals surface area contributed by atoms with Crippen molar-refractivity contribution in [2.75, 3.05) is 20.9 Å². The van der Waals surface area contributed by atoms with E-state index in [1.54, 1.807) is 76.2 Å². The van der Waals surface area contributed by atoms with Gasteiger partial charge in [0.1, 0.15) is 22.6 Å². The quantitative estimate of drug-likeness (QED) is 0.0686. The molecular formula is C46H44N8O10S2. The molecule has 0 fully saturated rings. The summed E-state index contributed by atoms with van der Waals surface area (Å²) >= 11 is 0. The van der Waals surface area contributed by atoms with E-state index in [0.717, 1.165) is 10.8 Å². The van der Waals surface area contributed by atoms with Gasteiger partial charge in [0.2, 0.25) is 11.9 Å². The number of nitrogens with one attached hydrogen (secondary N) is 2. The Labute approximate surface area is 379 Å². The molecule has 0 spiro atoms. The number of rotatable bonds is 8. The summed E-state index contributed by atoms with van der Waals surface area (Å²) in [7, 11) is -7.39. The number of carbonyl (C=O) groups is 2. The van der Waals surface area contributed by atoms with Crippen molar-refractivity contribution in [3.8, 4) is 11.5 Å². The van der Waals surface area contributed by atoms with E-state index >= 15 is 0 Å². The third-order valence-corrected chi connectivity index (χ3v) is 11.7. The lowest BCUT2D eigenvalue weighted by molar-refractivity contribution is 0.0682. The number of aromatic nitrogens is 4. The van der Waals surface area contributed by atoms with Crippen LogP contribution < -0.4 is 20.9 Å². The number of aromatic hydroxyl groups is 2. The highest BCUT2D eigenvalue weighted by atomic mass is 32.2. The van der Waals surface area contributed by atoms with Gasteiger partial charge in [-0.2, -0.15) is 0 Å². The van der Waals surface area contributed by atoms with Crippen LogP contribution in [-0.2, 0) is 20.0 Å². The SMILES string of the molecule is Cc1cc(C)nc(NS(=O)(=O)c2ccc(N)cc2)n1.Cc1cc(C)nc(NS(=O)(=O)c2ccc(N)cc2)n1.O=C(O)c1ccc2ccccc2c1O.O=C(O)c1ccc2ccccc2c1O. The van der Waals surface area contributed by atoms with E-state index in [0.29, 0.717) is 44.9 Å². The number of sulfonamides is 2. The fraction of sp³-hybridized carbons (Fsp3) is 0.0870. The molecule has 2 heterocycles. The molecule has 0 bridgehead atoms. The maximum absolute atomic E-state index is 12.1. The number of nitrogen functional groups attached to an aromatic ring is 2. The molecule has 0 unspecified atom stereocenters. The van der Waals surface area contributed by atoms with Crippen LogP contribution in [0, 0.1) is 27.7 Å². The molecule has 0 radical (unpaired) electrons. The maximum atomic E-state index is 12.1. The fourth-order valence-electron chi connectivity index (χ4n) is 6.05. The number of fused-ring (bicyclic) bond motifs is 2. The van der Waals surface area contributed by atoms with Crippen LogP contribution in [0.25, 0.3) is 21.5 Å². The molecule has 340 valence electrons. The van der Waals surface area contributed by atoms with Crippen LogP contribution in [0.4, 0.5) is 23.3 Å². The van der Waals surface area contributed by atoms with Crippen LogP contribution in [-0.4, -0.2) is 69.1 Å². The van der Waals surface area contributed by atoms with E-state index in [4.69, 9.17) is 21.7 Å². The molecule has 18 nitrogen and oxygen atoms in total. The number of nitrogens with zero attached hydrogens (tertiary/aromatic N) is 4.